The second kappa shape index (κ2) is 11.2. The average molecular weight is 479 g/mol. The lowest BCUT2D eigenvalue weighted by Gasteiger charge is -2.36. The number of hydrogen-bond acceptors (Lipinski definition) is 6. The Morgan fingerprint density at radius 3 is 2.46 bits per heavy atom. The third-order valence-corrected chi connectivity index (χ3v) is 6.21. The van der Waals surface area contributed by atoms with Crippen LogP contribution < -0.4 is 4.74 Å². The predicted molar refractivity (Wildman–Crippen MR) is 129 cm³/mol. The van der Waals surface area contributed by atoms with Gasteiger partial charge in [0.15, 0.2) is 0 Å². The van der Waals surface area contributed by atoms with Crippen molar-refractivity contribution in [3.05, 3.63) is 71.4 Å². The molecule has 1 atom stereocenters. The van der Waals surface area contributed by atoms with Crippen LogP contribution in [0.15, 0.2) is 65.9 Å². The second-order valence-corrected chi connectivity index (χ2v) is 8.44. The quantitative estimate of drug-likeness (QED) is 0.567. The van der Waals surface area contributed by atoms with E-state index >= 15 is 0 Å². The Morgan fingerprint density at radius 1 is 1.03 bits per heavy atom. The van der Waals surface area contributed by atoms with E-state index in [2.05, 4.69) is 0 Å². The van der Waals surface area contributed by atoms with Crippen LogP contribution in [0.2, 0.25) is 0 Å². The van der Waals surface area contributed by atoms with Crippen molar-refractivity contribution in [1.29, 1.82) is 0 Å². The Morgan fingerprint density at radius 2 is 1.74 bits per heavy atom. The minimum absolute atomic E-state index is 0.0523. The molecule has 1 fully saturated rings. The summed E-state index contributed by atoms with van der Waals surface area (Å²) < 4.78 is 16.6. The van der Waals surface area contributed by atoms with Gasteiger partial charge in [0, 0.05) is 31.1 Å². The van der Waals surface area contributed by atoms with E-state index in [4.69, 9.17) is 14.2 Å². The number of morpholine rings is 1. The van der Waals surface area contributed by atoms with Gasteiger partial charge in [0.05, 0.1) is 25.4 Å². The first-order valence-electron chi connectivity index (χ1n) is 11.8. The van der Waals surface area contributed by atoms with Gasteiger partial charge in [0.1, 0.15) is 18.0 Å². The van der Waals surface area contributed by atoms with E-state index in [0.29, 0.717) is 49.1 Å². The number of carbonyl (C=O) groups is 3. The summed E-state index contributed by atoms with van der Waals surface area (Å²) in [6.07, 6.45) is 0.0523. The second-order valence-electron chi connectivity index (χ2n) is 8.44. The minimum Gasteiger partial charge on any atom is -0.463 e. The third kappa shape index (κ3) is 5.71. The highest BCUT2D eigenvalue weighted by Gasteiger charge is 2.38. The molecular formula is C27H30N2O6. The van der Waals surface area contributed by atoms with Gasteiger partial charge in [-0.05, 0) is 43.7 Å². The van der Waals surface area contributed by atoms with Gasteiger partial charge in [-0.25, -0.2) is 4.79 Å². The Hall–Kier alpha value is -3.65. The number of para-hydroxylation sites is 1. The smallest absolute Gasteiger partial charge is 0.336 e. The molecule has 2 aromatic carbocycles. The van der Waals surface area contributed by atoms with Crippen LogP contribution in [0.25, 0.3) is 0 Å². The van der Waals surface area contributed by atoms with Crippen LogP contribution in [0.5, 0.6) is 11.5 Å². The van der Waals surface area contributed by atoms with Crippen molar-refractivity contribution in [2.45, 2.75) is 26.2 Å². The molecular weight excluding hydrogens is 448 g/mol. The molecule has 0 N–H and O–H groups in total. The Labute approximate surface area is 205 Å². The highest BCUT2D eigenvalue weighted by atomic mass is 16.5. The zero-order valence-corrected chi connectivity index (χ0v) is 20.1. The van der Waals surface area contributed by atoms with Gasteiger partial charge in [-0.15, -0.1) is 0 Å². The molecule has 1 saturated heterocycles. The van der Waals surface area contributed by atoms with Gasteiger partial charge in [0.2, 0.25) is 11.8 Å². The summed E-state index contributed by atoms with van der Waals surface area (Å²) in [6, 6.07) is 16.8. The number of ether oxygens (including phenoxy) is 3. The zero-order chi connectivity index (χ0) is 24.8. The van der Waals surface area contributed by atoms with Crippen molar-refractivity contribution in [2.75, 3.05) is 39.5 Å². The summed E-state index contributed by atoms with van der Waals surface area (Å²) in [4.78, 5) is 42.2. The first-order chi connectivity index (χ1) is 17.0. The summed E-state index contributed by atoms with van der Waals surface area (Å²) in [5.41, 5.74) is 1.60. The minimum atomic E-state index is -0.504. The lowest BCUT2D eigenvalue weighted by atomic mass is 9.83. The number of benzene rings is 2. The van der Waals surface area contributed by atoms with Crippen LogP contribution in [-0.4, -0.2) is 67.0 Å². The molecule has 0 aromatic heterocycles. The SMILES string of the molecule is CCOC(=O)C1=C(C)N(CC(=O)N2CCOCC2)C(=O)CC1c1cccc(Oc2ccccc2)c1. The summed E-state index contributed by atoms with van der Waals surface area (Å²) >= 11 is 0. The van der Waals surface area contributed by atoms with E-state index in [1.165, 1.54) is 4.90 Å². The van der Waals surface area contributed by atoms with E-state index in [9.17, 15) is 14.4 Å². The number of esters is 1. The van der Waals surface area contributed by atoms with Gasteiger partial charge in [-0.3, -0.25) is 9.59 Å². The van der Waals surface area contributed by atoms with Crippen molar-refractivity contribution < 1.29 is 28.6 Å². The first-order valence-corrected chi connectivity index (χ1v) is 11.8. The highest BCUT2D eigenvalue weighted by molar-refractivity contribution is 5.97. The van der Waals surface area contributed by atoms with Crippen molar-refractivity contribution in [3.63, 3.8) is 0 Å². The molecule has 0 spiro atoms. The number of rotatable bonds is 7. The summed E-state index contributed by atoms with van der Waals surface area (Å²) in [5.74, 6) is -0.0739. The van der Waals surface area contributed by atoms with Crippen LogP contribution in [0.1, 0.15) is 31.7 Å². The molecule has 0 radical (unpaired) electrons. The molecule has 0 bridgehead atoms. The number of carbonyl (C=O) groups excluding carboxylic acids is 3. The lowest BCUT2D eigenvalue weighted by molar-refractivity contribution is -0.144. The number of allylic oxidation sites excluding steroid dienone is 1. The van der Waals surface area contributed by atoms with E-state index in [1.54, 1.807) is 18.7 Å². The topological polar surface area (TPSA) is 85.4 Å². The van der Waals surface area contributed by atoms with Gasteiger partial charge in [-0.2, -0.15) is 0 Å². The number of hydrogen-bond donors (Lipinski definition) is 0. The number of amides is 2. The molecule has 2 amide bonds. The van der Waals surface area contributed by atoms with E-state index in [1.807, 2.05) is 54.6 Å². The Balaban J connectivity index is 1.63. The van der Waals surface area contributed by atoms with E-state index in [0.717, 1.165) is 5.56 Å². The predicted octanol–water partition coefficient (Wildman–Crippen LogP) is 3.49. The van der Waals surface area contributed by atoms with Gasteiger partial charge >= 0.3 is 5.97 Å². The zero-order valence-electron chi connectivity index (χ0n) is 20.1. The largest absolute Gasteiger partial charge is 0.463 e. The van der Waals surface area contributed by atoms with Crippen molar-refractivity contribution in [1.82, 2.24) is 9.80 Å². The summed E-state index contributed by atoms with van der Waals surface area (Å²) in [7, 11) is 0. The molecule has 4 rings (SSSR count). The maximum absolute atomic E-state index is 13.2. The Bertz CT molecular complexity index is 1110. The molecule has 184 valence electrons. The molecule has 2 aliphatic rings. The molecule has 35 heavy (non-hydrogen) atoms. The van der Waals surface area contributed by atoms with Crippen LogP contribution >= 0.6 is 0 Å². The molecule has 8 heteroatoms. The van der Waals surface area contributed by atoms with Gasteiger partial charge in [-0.1, -0.05) is 30.3 Å². The normalized spacial score (nSPS) is 18.5. The summed E-state index contributed by atoms with van der Waals surface area (Å²) in [6.45, 7) is 5.48. The fourth-order valence-electron chi connectivity index (χ4n) is 4.43. The van der Waals surface area contributed by atoms with Gasteiger partial charge in [0.25, 0.3) is 0 Å². The van der Waals surface area contributed by atoms with Crippen LogP contribution in [0.4, 0.5) is 0 Å². The molecule has 1 unspecified atom stereocenters. The number of nitrogens with zero attached hydrogens (tertiary/aromatic N) is 2. The van der Waals surface area contributed by atoms with Gasteiger partial charge < -0.3 is 24.0 Å². The van der Waals surface area contributed by atoms with Crippen molar-refractivity contribution in [2.24, 2.45) is 0 Å². The van der Waals surface area contributed by atoms with Crippen LogP contribution in [0, 0.1) is 0 Å². The Kier molecular flexibility index (Phi) is 7.82. The fraction of sp³-hybridized carbons (Fsp3) is 0.370. The van der Waals surface area contributed by atoms with Crippen molar-refractivity contribution in [3.8, 4) is 11.5 Å². The van der Waals surface area contributed by atoms with Crippen molar-refractivity contribution >= 4 is 17.8 Å². The summed E-state index contributed by atoms with van der Waals surface area (Å²) in [5, 5.41) is 0. The molecule has 2 aromatic rings. The maximum atomic E-state index is 13.2. The average Bonchev–Trinajstić information content (AvgIpc) is 2.87. The molecule has 2 heterocycles. The van der Waals surface area contributed by atoms with E-state index in [-0.39, 0.29) is 31.4 Å². The third-order valence-electron chi connectivity index (χ3n) is 6.21. The monoisotopic (exact) mass is 478 g/mol. The molecule has 0 aliphatic carbocycles. The fourth-order valence-corrected chi connectivity index (χ4v) is 4.43. The highest BCUT2D eigenvalue weighted by Crippen LogP contribution is 2.38. The van der Waals surface area contributed by atoms with Crippen LogP contribution in [-0.2, 0) is 23.9 Å². The van der Waals surface area contributed by atoms with Crippen LogP contribution in [0.3, 0.4) is 0 Å². The molecule has 2 aliphatic heterocycles. The first kappa shape index (κ1) is 24.5. The standard InChI is InChI=1S/C27H30N2O6/c1-3-34-27(32)26-19(2)29(18-25(31)28-12-14-33-15-13-28)24(30)17-23(26)20-8-7-11-22(16-20)35-21-9-5-4-6-10-21/h4-11,16,23H,3,12-15,17-18H2,1-2H3. The lowest BCUT2D eigenvalue weighted by Crippen LogP contribution is -2.48. The molecule has 8 nitrogen and oxygen atoms in total. The van der Waals surface area contributed by atoms with E-state index < -0.39 is 11.9 Å². The maximum Gasteiger partial charge on any atom is 0.336 e. The molecule has 0 saturated carbocycles.